The highest BCUT2D eigenvalue weighted by Gasteiger charge is 2.58. The van der Waals surface area contributed by atoms with E-state index in [1.54, 1.807) is 0 Å². The molecular formula is C27H42O. The maximum Gasteiger partial charge on any atom is 0.156 e. The Hall–Kier alpha value is -0.850. The first-order valence-electron chi connectivity index (χ1n) is 12.2. The first-order valence-corrected chi connectivity index (χ1v) is 12.2. The SMILES string of the molecule is CC(C)CCC[C@@H](C)[C@@H]1CC[C@H]2[C@@H]3C=CC4=CC(=O)CC[C@]4(C)[C@@H]3CC[C@@]21C. The number of carbonyl (C=O) groups is 1. The van der Waals surface area contributed by atoms with Gasteiger partial charge in [0.25, 0.3) is 0 Å². The van der Waals surface area contributed by atoms with Crippen molar-refractivity contribution in [2.24, 2.45) is 46.3 Å². The van der Waals surface area contributed by atoms with Gasteiger partial charge in [-0.3, -0.25) is 4.79 Å². The summed E-state index contributed by atoms with van der Waals surface area (Å²) in [6.07, 6.45) is 18.5. The van der Waals surface area contributed by atoms with Crippen LogP contribution in [0.4, 0.5) is 0 Å². The van der Waals surface area contributed by atoms with Crippen LogP contribution in [0.15, 0.2) is 23.8 Å². The second-order valence-corrected chi connectivity index (χ2v) is 11.7. The average molecular weight is 383 g/mol. The molecule has 4 aliphatic rings. The molecule has 0 radical (unpaired) electrons. The maximum absolute atomic E-state index is 12.0. The molecule has 0 bridgehead atoms. The maximum atomic E-state index is 12.0. The van der Waals surface area contributed by atoms with Crippen molar-refractivity contribution in [3.05, 3.63) is 23.8 Å². The minimum Gasteiger partial charge on any atom is -0.295 e. The quantitative estimate of drug-likeness (QED) is 0.485. The summed E-state index contributed by atoms with van der Waals surface area (Å²) >= 11 is 0. The molecule has 4 aliphatic carbocycles. The number of ketones is 1. The van der Waals surface area contributed by atoms with Gasteiger partial charge in [0.15, 0.2) is 5.78 Å². The zero-order chi connectivity index (χ0) is 20.1. The normalized spacial score (nSPS) is 43.4. The molecule has 1 heteroatoms. The summed E-state index contributed by atoms with van der Waals surface area (Å²) in [5, 5.41) is 0. The minimum absolute atomic E-state index is 0.246. The van der Waals surface area contributed by atoms with E-state index in [0.29, 0.717) is 11.2 Å². The van der Waals surface area contributed by atoms with E-state index >= 15 is 0 Å². The van der Waals surface area contributed by atoms with E-state index in [1.807, 2.05) is 6.08 Å². The Morgan fingerprint density at radius 2 is 1.82 bits per heavy atom. The van der Waals surface area contributed by atoms with Gasteiger partial charge in [0.2, 0.25) is 0 Å². The van der Waals surface area contributed by atoms with Gasteiger partial charge in [-0.2, -0.15) is 0 Å². The third kappa shape index (κ3) is 3.25. The fourth-order valence-electron chi connectivity index (χ4n) is 8.02. The van der Waals surface area contributed by atoms with Crippen LogP contribution in [0.25, 0.3) is 0 Å². The molecule has 0 N–H and O–H groups in total. The highest BCUT2D eigenvalue weighted by molar-refractivity contribution is 5.92. The molecule has 0 amide bonds. The molecule has 0 aromatic rings. The number of hydrogen-bond donors (Lipinski definition) is 0. The lowest BCUT2D eigenvalue weighted by Crippen LogP contribution is -2.49. The standard InChI is InChI=1S/C27H42O/c1-18(2)7-6-8-19(3)23-11-12-24-22-10-9-20-17-21(28)13-15-26(20,4)25(22)14-16-27(23,24)5/h9-10,17-19,22-25H,6-8,11-16H2,1-5H3/t19-,22+,23+,24+,25-,26+,27-/m1/s1. The highest BCUT2D eigenvalue weighted by atomic mass is 16.1. The Morgan fingerprint density at radius 3 is 2.57 bits per heavy atom. The lowest BCUT2D eigenvalue weighted by Gasteiger charge is -2.56. The molecule has 156 valence electrons. The summed E-state index contributed by atoms with van der Waals surface area (Å²) in [6.45, 7) is 12.4. The van der Waals surface area contributed by atoms with E-state index in [1.165, 1.54) is 50.5 Å². The fraction of sp³-hybridized carbons (Fsp3) is 0.815. The number of rotatable bonds is 5. The summed E-state index contributed by atoms with van der Waals surface area (Å²) in [5.74, 6) is 5.32. The van der Waals surface area contributed by atoms with Crippen LogP contribution in [-0.2, 0) is 4.79 Å². The Balaban J connectivity index is 1.53. The summed E-state index contributed by atoms with van der Waals surface area (Å²) in [6, 6.07) is 0. The van der Waals surface area contributed by atoms with E-state index < -0.39 is 0 Å². The van der Waals surface area contributed by atoms with Crippen molar-refractivity contribution in [2.45, 2.75) is 92.4 Å². The van der Waals surface area contributed by atoms with E-state index in [9.17, 15) is 4.79 Å². The Morgan fingerprint density at radius 1 is 1.04 bits per heavy atom. The Kier molecular flexibility index (Phi) is 5.43. The zero-order valence-electron chi connectivity index (χ0n) is 19.0. The van der Waals surface area contributed by atoms with Crippen LogP contribution in [-0.4, -0.2) is 5.78 Å². The summed E-state index contributed by atoms with van der Waals surface area (Å²) in [7, 11) is 0. The fourth-order valence-corrected chi connectivity index (χ4v) is 8.02. The molecule has 2 fully saturated rings. The molecule has 0 aromatic heterocycles. The molecule has 1 nitrogen and oxygen atoms in total. The molecule has 2 saturated carbocycles. The van der Waals surface area contributed by atoms with Crippen LogP contribution >= 0.6 is 0 Å². The van der Waals surface area contributed by atoms with Crippen molar-refractivity contribution in [3.63, 3.8) is 0 Å². The number of hydrogen-bond acceptors (Lipinski definition) is 1. The number of fused-ring (bicyclic) bond motifs is 5. The van der Waals surface area contributed by atoms with Crippen molar-refractivity contribution in [1.29, 1.82) is 0 Å². The zero-order valence-corrected chi connectivity index (χ0v) is 19.0. The van der Waals surface area contributed by atoms with E-state index in [2.05, 4.69) is 46.8 Å². The largest absolute Gasteiger partial charge is 0.295 e. The Bertz CT molecular complexity index is 670. The number of allylic oxidation sites excluding steroid dienone is 4. The van der Waals surface area contributed by atoms with Gasteiger partial charge < -0.3 is 0 Å². The second kappa shape index (κ2) is 7.44. The van der Waals surface area contributed by atoms with Crippen molar-refractivity contribution >= 4 is 5.78 Å². The molecule has 7 atom stereocenters. The van der Waals surface area contributed by atoms with Gasteiger partial charge in [-0.15, -0.1) is 0 Å². The molecule has 4 rings (SSSR count). The van der Waals surface area contributed by atoms with Gasteiger partial charge in [0.05, 0.1) is 0 Å². The third-order valence-electron chi connectivity index (χ3n) is 9.72. The van der Waals surface area contributed by atoms with Crippen LogP contribution in [0.2, 0.25) is 0 Å². The minimum atomic E-state index is 0.246. The van der Waals surface area contributed by atoms with Crippen LogP contribution in [0.1, 0.15) is 92.4 Å². The summed E-state index contributed by atoms with van der Waals surface area (Å²) < 4.78 is 0. The van der Waals surface area contributed by atoms with Gasteiger partial charge in [-0.05, 0) is 90.1 Å². The van der Waals surface area contributed by atoms with Crippen molar-refractivity contribution in [3.8, 4) is 0 Å². The van der Waals surface area contributed by atoms with Crippen molar-refractivity contribution in [1.82, 2.24) is 0 Å². The van der Waals surface area contributed by atoms with Gasteiger partial charge in [-0.1, -0.05) is 66.0 Å². The molecule has 0 spiro atoms. The van der Waals surface area contributed by atoms with Crippen molar-refractivity contribution < 1.29 is 4.79 Å². The molecular weight excluding hydrogens is 340 g/mol. The van der Waals surface area contributed by atoms with Gasteiger partial charge in [-0.25, -0.2) is 0 Å². The smallest absolute Gasteiger partial charge is 0.156 e. The molecule has 0 saturated heterocycles. The van der Waals surface area contributed by atoms with E-state index in [4.69, 9.17) is 0 Å². The molecule has 0 aliphatic heterocycles. The molecule has 28 heavy (non-hydrogen) atoms. The summed E-state index contributed by atoms with van der Waals surface area (Å²) in [5.41, 5.74) is 2.12. The predicted octanol–water partition coefficient (Wildman–Crippen LogP) is 7.37. The number of carbonyl (C=O) groups excluding carboxylic acids is 1. The average Bonchev–Trinajstić information content (AvgIpc) is 2.99. The van der Waals surface area contributed by atoms with Crippen LogP contribution < -0.4 is 0 Å². The molecule has 0 aromatic carbocycles. The van der Waals surface area contributed by atoms with Crippen LogP contribution in [0, 0.1) is 46.3 Å². The van der Waals surface area contributed by atoms with E-state index in [0.717, 1.165) is 48.3 Å². The first kappa shape index (κ1) is 20.4. The molecule has 0 heterocycles. The topological polar surface area (TPSA) is 17.1 Å². The van der Waals surface area contributed by atoms with Gasteiger partial charge in [0, 0.05) is 6.42 Å². The molecule has 0 unspecified atom stereocenters. The monoisotopic (exact) mass is 382 g/mol. The van der Waals surface area contributed by atoms with Gasteiger partial charge in [0.1, 0.15) is 0 Å². The van der Waals surface area contributed by atoms with E-state index in [-0.39, 0.29) is 5.41 Å². The van der Waals surface area contributed by atoms with Crippen LogP contribution in [0.3, 0.4) is 0 Å². The predicted molar refractivity (Wildman–Crippen MR) is 118 cm³/mol. The third-order valence-corrected chi connectivity index (χ3v) is 9.72. The lowest BCUT2D eigenvalue weighted by molar-refractivity contribution is -0.116. The van der Waals surface area contributed by atoms with Crippen LogP contribution in [0.5, 0.6) is 0 Å². The Labute approximate surface area is 173 Å². The second-order valence-electron chi connectivity index (χ2n) is 11.7. The lowest BCUT2D eigenvalue weighted by atomic mass is 9.48. The van der Waals surface area contributed by atoms with Gasteiger partial charge >= 0.3 is 0 Å². The first-order chi connectivity index (χ1) is 13.3. The van der Waals surface area contributed by atoms with Crippen molar-refractivity contribution in [2.75, 3.05) is 0 Å². The summed E-state index contributed by atoms with van der Waals surface area (Å²) in [4.78, 5) is 12.0. The highest BCUT2D eigenvalue weighted by Crippen LogP contribution is 2.66.